The van der Waals surface area contributed by atoms with E-state index in [1.165, 1.54) is 42.5 Å². The molecule has 0 aliphatic rings. The third-order valence-corrected chi connectivity index (χ3v) is 5.41. The number of carboxylic acid groups (broad SMARTS) is 1. The summed E-state index contributed by atoms with van der Waals surface area (Å²) >= 11 is 11.7. The van der Waals surface area contributed by atoms with E-state index in [2.05, 4.69) is 5.32 Å². The fraction of sp³-hybridized carbons (Fsp3) is 0.125. The molecule has 144 valence electrons. The van der Waals surface area contributed by atoms with E-state index < -0.39 is 34.5 Å². The van der Waals surface area contributed by atoms with Gasteiger partial charge in [0.2, 0.25) is 10.0 Å². The van der Waals surface area contributed by atoms with Crippen molar-refractivity contribution in [3.8, 4) is 0 Å². The van der Waals surface area contributed by atoms with Gasteiger partial charge in [-0.3, -0.25) is 9.59 Å². The maximum Gasteiger partial charge on any atom is 0.324 e. The number of benzene rings is 2. The maximum atomic E-state index is 12.2. The quantitative estimate of drug-likeness (QED) is 0.528. The van der Waals surface area contributed by atoms with Crippen LogP contribution in [0.2, 0.25) is 10.0 Å². The maximum absolute atomic E-state index is 12.2. The second-order valence-corrected chi connectivity index (χ2v) is 7.85. The predicted octanol–water partition coefficient (Wildman–Crippen LogP) is 1.97. The first-order chi connectivity index (χ1) is 12.6. The van der Waals surface area contributed by atoms with Crippen LogP contribution < -0.4 is 10.0 Å². The summed E-state index contributed by atoms with van der Waals surface area (Å²) in [5.74, 6) is -2.03. The van der Waals surface area contributed by atoms with Crippen molar-refractivity contribution in [3.63, 3.8) is 0 Å². The molecule has 4 N–H and O–H groups in total. The number of anilines is 1. The van der Waals surface area contributed by atoms with Gasteiger partial charge in [0.25, 0.3) is 5.91 Å². The summed E-state index contributed by atoms with van der Waals surface area (Å²) in [5.41, 5.74) is 0.480. The van der Waals surface area contributed by atoms with Crippen molar-refractivity contribution in [2.24, 2.45) is 0 Å². The van der Waals surface area contributed by atoms with E-state index in [4.69, 9.17) is 33.4 Å². The fourth-order valence-electron chi connectivity index (χ4n) is 2.01. The molecule has 8 nitrogen and oxygen atoms in total. The smallest absolute Gasteiger partial charge is 0.324 e. The Bertz CT molecular complexity index is 963. The zero-order chi connectivity index (χ0) is 20.2. The molecule has 0 aliphatic heterocycles. The minimum absolute atomic E-state index is 0.159. The van der Waals surface area contributed by atoms with Crippen molar-refractivity contribution in [2.75, 3.05) is 11.9 Å². The number of aliphatic hydroxyl groups is 1. The van der Waals surface area contributed by atoms with Crippen LogP contribution in [0.4, 0.5) is 5.69 Å². The van der Waals surface area contributed by atoms with Gasteiger partial charge < -0.3 is 15.5 Å². The van der Waals surface area contributed by atoms with Crippen molar-refractivity contribution >= 4 is 50.8 Å². The Labute approximate surface area is 164 Å². The molecule has 0 heterocycles. The lowest BCUT2D eigenvalue weighted by Gasteiger charge is -2.13. The number of nitrogens with one attached hydrogen (secondary N) is 2. The van der Waals surface area contributed by atoms with Crippen LogP contribution in [0.15, 0.2) is 47.4 Å². The highest BCUT2D eigenvalue weighted by Crippen LogP contribution is 2.22. The molecule has 0 fully saturated rings. The largest absolute Gasteiger partial charge is 0.480 e. The van der Waals surface area contributed by atoms with Crippen LogP contribution in [0.3, 0.4) is 0 Å². The number of hydrogen-bond acceptors (Lipinski definition) is 5. The van der Waals surface area contributed by atoms with E-state index in [1.54, 1.807) is 0 Å². The van der Waals surface area contributed by atoms with Gasteiger partial charge in [-0.05, 0) is 42.5 Å². The molecule has 0 aromatic heterocycles. The molecule has 1 amide bonds. The molecule has 1 atom stereocenters. The summed E-state index contributed by atoms with van der Waals surface area (Å²) in [4.78, 5) is 22.8. The Balaban J connectivity index is 2.14. The number of carbonyl (C=O) groups is 2. The van der Waals surface area contributed by atoms with Gasteiger partial charge in [0.05, 0.1) is 22.1 Å². The van der Waals surface area contributed by atoms with Crippen molar-refractivity contribution in [1.29, 1.82) is 0 Å². The van der Waals surface area contributed by atoms with Crippen LogP contribution in [0.5, 0.6) is 0 Å². The third-order valence-electron chi connectivity index (χ3n) is 3.38. The Morgan fingerprint density at radius 1 is 1.07 bits per heavy atom. The molecule has 11 heteroatoms. The van der Waals surface area contributed by atoms with Crippen molar-refractivity contribution in [2.45, 2.75) is 10.9 Å². The molecule has 2 rings (SSSR count). The average Bonchev–Trinajstić information content (AvgIpc) is 2.59. The molecule has 2 aromatic carbocycles. The van der Waals surface area contributed by atoms with E-state index >= 15 is 0 Å². The van der Waals surface area contributed by atoms with Gasteiger partial charge >= 0.3 is 5.97 Å². The van der Waals surface area contributed by atoms with Crippen LogP contribution in [0, 0.1) is 0 Å². The summed E-state index contributed by atoms with van der Waals surface area (Å²) in [6.07, 6.45) is 0. The Morgan fingerprint density at radius 2 is 1.70 bits per heavy atom. The van der Waals surface area contributed by atoms with E-state index in [0.29, 0.717) is 10.7 Å². The van der Waals surface area contributed by atoms with Gasteiger partial charge in [-0.25, -0.2) is 8.42 Å². The zero-order valence-electron chi connectivity index (χ0n) is 13.5. The molecular formula is C16H14Cl2N2O6S. The number of aliphatic carboxylic acids is 1. The number of rotatable bonds is 7. The average molecular weight is 433 g/mol. The first-order valence-corrected chi connectivity index (χ1v) is 9.60. The van der Waals surface area contributed by atoms with Crippen molar-refractivity contribution in [3.05, 3.63) is 58.1 Å². The first-order valence-electron chi connectivity index (χ1n) is 7.36. The number of halogens is 2. The lowest BCUT2D eigenvalue weighted by Crippen LogP contribution is -2.43. The molecule has 27 heavy (non-hydrogen) atoms. The number of amides is 1. The summed E-state index contributed by atoms with van der Waals surface area (Å²) < 4.78 is 26.1. The normalized spacial score (nSPS) is 12.4. The molecule has 0 saturated heterocycles. The highest BCUT2D eigenvalue weighted by Gasteiger charge is 2.24. The highest BCUT2D eigenvalue weighted by molar-refractivity contribution is 7.89. The zero-order valence-corrected chi connectivity index (χ0v) is 15.8. The summed E-state index contributed by atoms with van der Waals surface area (Å²) in [6, 6.07) is 7.71. The Kier molecular flexibility index (Phi) is 6.79. The second kappa shape index (κ2) is 8.68. The standard InChI is InChI=1S/C16H14Cl2N2O6S/c17-9-1-6-12(13(18)7-9)15(22)19-10-2-4-11(5-3-10)27(25,26)20-14(8-21)16(23)24/h1-7,14,20-21H,8H2,(H,19,22)(H,23,24)/t14-/m0/s1. The van der Waals surface area contributed by atoms with Crippen LogP contribution in [-0.2, 0) is 14.8 Å². The first kappa shape index (κ1) is 21.1. The second-order valence-electron chi connectivity index (χ2n) is 5.30. The molecule has 0 aliphatic carbocycles. The third kappa shape index (κ3) is 5.41. The van der Waals surface area contributed by atoms with Crippen molar-refractivity contribution < 1.29 is 28.2 Å². The molecule has 0 bridgehead atoms. The van der Waals surface area contributed by atoms with Gasteiger partial charge in [0, 0.05) is 10.7 Å². The molecule has 0 saturated carbocycles. The SMILES string of the molecule is O=C(Nc1ccc(S(=O)(=O)N[C@@H](CO)C(=O)O)cc1)c1ccc(Cl)cc1Cl. The number of hydrogen-bond donors (Lipinski definition) is 4. The fourth-order valence-corrected chi connectivity index (χ4v) is 3.69. The predicted molar refractivity (Wildman–Crippen MR) is 99.7 cm³/mol. The van der Waals surface area contributed by atoms with E-state index in [-0.39, 0.29) is 15.5 Å². The number of carboxylic acids is 1. The van der Waals surface area contributed by atoms with Gasteiger partial charge in [0.1, 0.15) is 6.04 Å². The van der Waals surface area contributed by atoms with E-state index in [0.717, 1.165) is 0 Å². The lowest BCUT2D eigenvalue weighted by atomic mass is 10.2. The molecule has 0 spiro atoms. The van der Waals surface area contributed by atoms with Crippen LogP contribution in [0.25, 0.3) is 0 Å². The monoisotopic (exact) mass is 432 g/mol. The van der Waals surface area contributed by atoms with Gasteiger partial charge in [-0.15, -0.1) is 0 Å². The topological polar surface area (TPSA) is 133 Å². The van der Waals surface area contributed by atoms with Crippen LogP contribution in [-0.4, -0.2) is 43.2 Å². The van der Waals surface area contributed by atoms with Gasteiger partial charge in [0.15, 0.2) is 0 Å². The van der Waals surface area contributed by atoms with Crippen molar-refractivity contribution in [1.82, 2.24) is 4.72 Å². The summed E-state index contributed by atoms with van der Waals surface area (Å²) in [7, 11) is -4.16. The summed E-state index contributed by atoms with van der Waals surface area (Å²) in [5, 5.41) is 20.8. The molecule has 2 aromatic rings. The molecular weight excluding hydrogens is 419 g/mol. The van der Waals surface area contributed by atoms with Gasteiger partial charge in [-0.2, -0.15) is 4.72 Å². The number of carbonyl (C=O) groups excluding carboxylic acids is 1. The van der Waals surface area contributed by atoms with E-state index in [1.807, 2.05) is 4.72 Å². The Morgan fingerprint density at radius 3 is 2.22 bits per heavy atom. The minimum atomic E-state index is -4.16. The highest BCUT2D eigenvalue weighted by atomic mass is 35.5. The molecule has 0 unspecified atom stereocenters. The Hall–Kier alpha value is -2.17. The van der Waals surface area contributed by atoms with Crippen LogP contribution in [0.1, 0.15) is 10.4 Å². The number of aliphatic hydroxyl groups excluding tert-OH is 1. The molecule has 0 radical (unpaired) electrons. The minimum Gasteiger partial charge on any atom is -0.480 e. The lowest BCUT2D eigenvalue weighted by molar-refractivity contribution is -0.139. The van der Waals surface area contributed by atoms with Crippen LogP contribution >= 0.6 is 23.2 Å². The summed E-state index contributed by atoms with van der Waals surface area (Å²) in [6.45, 7) is -0.898. The number of sulfonamides is 1. The van der Waals surface area contributed by atoms with Gasteiger partial charge in [-0.1, -0.05) is 23.2 Å². The van der Waals surface area contributed by atoms with E-state index in [9.17, 15) is 18.0 Å².